The number of aromatic nitrogens is 3. The zero-order valence-corrected chi connectivity index (χ0v) is 13.1. The van der Waals surface area contributed by atoms with Gasteiger partial charge in [-0.3, -0.25) is 4.68 Å². The number of nitrogens with zero attached hydrogens (tertiary/aromatic N) is 4. The minimum atomic E-state index is -2.88. The van der Waals surface area contributed by atoms with Crippen LogP contribution in [-0.2, 0) is 7.05 Å². The molecular formula is C17H13F2N5O. The third-order valence-corrected chi connectivity index (χ3v) is 3.63. The molecule has 3 aromatic rings. The average Bonchev–Trinajstić information content (AvgIpc) is 3.00. The minimum absolute atomic E-state index is 0.0484. The maximum Gasteiger partial charge on any atom is 0.387 e. The lowest BCUT2D eigenvalue weighted by Crippen LogP contribution is -2.03. The predicted molar refractivity (Wildman–Crippen MR) is 87.6 cm³/mol. The lowest BCUT2D eigenvalue weighted by Gasteiger charge is -2.11. The van der Waals surface area contributed by atoms with Crippen molar-refractivity contribution in [2.45, 2.75) is 6.61 Å². The number of hydrogen-bond donors (Lipinski definition) is 1. The second-order valence-corrected chi connectivity index (χ2v) is 5.17. The fourth-order valence-corrected chi connectivity index (χ4v) is 2.48. The maximum absolute atomic E-state index is 12.2. The Hall–Kier alpha value is -3.47. The van der Waals surface area contributed by atoms with E-state index in [2.05, 4.69) is 20.9 Å². The highest BCUT2D eigenvalue weighted by atomic mass is 19.3. The number of benzene rings is 1. The molecule has 2 N–H and O–H groups in total. The molecule has 2 aromatic heterocycles. The lowest BCUT2D eigenvalue weighted by molar-refractivity contribution is -0.0498. The summed E-state index contributed by atoms with van der Waals surface area (Å²) in [5, 5.41) is 13.5. The Kier molecular flexibility index (Phi) is 4.31. The van der Waals surface area contributed by atoms with Gasteiger partial charge in [-0.2, -0.15) is 19.1 Å². The second kappa shape index (κ2) is 6.57. The highest BCUT2D eigenvalue weighted by Gasteiger charge is 2.15. The molecule has 0 aliphatic rings. The van der Waals surface area contributed by atoms with Gasteiger partial charge in [0.15, 0.2) is 0 Å². The molecule has 0 bridgehead atoms. The summed E-state index contributed by atoms with van der Waals surface area (Å²) >= 11 is 0. The van der Waals surface area contributed by atoms with E-state index >= 15 is 0 Å². The number of hydrogen-bond acceptors (Lipinski definition) is 5. The van der Waals surface area contributed by atoms with E-state index in [1.54, 1.807) is 42.2 Å². The van der Waals surface area contributed by atoms with E-state index < -0.39 is 6.61 Å². The fourth-order valence-electron chi connectivity index (χ4n) is 2.48. The number of ether oxygens (including phenoxy) is 1. The number of nitrogens with two attached hydrogens (primary N) is 1. The molecule has 0 aliphatic heterocycles. The van der Waals surface area contributed by atoms with Crippen LogP contribution in [0.5, 0.6) is 5.75 Å². The van der Waals surface area contributed by atoms with Crippen LogP contribution in [0.2, 0.25) is 0 Å². The lowest BCUT2D eigenvalue weighted by atomic mass is 10.0. The van der Waals surface area contributed by atoms with E-state index in [-0.39, 0.29) is 17.1 Å². The second-order valence-electron chi connectivity index (χ2n) is 5.17. The van der Waals surface area contributed by atoms with Gasteiger partial charge in [0.1, 0.15) is 23.2 Å². The number of halogens is 2. The Morgan fingerprint density at radius 1 is 1.24 bits per heavy atom. The van der Waals surface area contributed by atoms with Crippen molar-refractivity contribution in [1.82, 2.24) is 14.8 Å². The Morgan fingerprint density at radius 3 is 2.52 bits per heavy atom. The number of anilines is 1. The van der Waals surface area contributed by atoms with Gasteiger partial charge in [-0.1, -0.05) is 0 Å². The summed E-state index contributed by atoms with van der Waals surface area (Å²) in [6.07, 6.45) is 1.61. The van der Waals surface area contributed by atoms with Gasteiger partial charge in [0.2, 0.25) is 0 Å². The molecule has 25 heavy (non-hydrogen) atoms. The first-order valence-corrected chi connectivity index (χ1v) is 7.24. The molecule has 0 unspecified atom stereocenters. The van der Waals surface area contributed by atoms with Gasteiger partial charge < -0.3 is 10.5 Å². The molecule has 126 valence electrons. The monoisotopic (exact) mass is 341 g/mol. The molecule has 8 heteroatoms. The van der Waals surface area contributed by atoms with Crippen LogP contribution in [-0.4, -0.2) is 21.4 Å². The molecule has 0 saturated carbocycles. The smallest absolute Gasteiger partial charge is 0.387 e. The summed E-state index contributed by atoms with van der Waals surface area (Å²) in [7, 11) is 1.75. The number of rotatable bonds is 4. The topological polar surface area (TPSA) is 89.8 Å². The minimum Gasteiger partial charge on any atom is -0.435 e. The molecule has 0 fully saturated rings. The molecule has 3 rings (SSSR count). The number of aryl methyl sites for hydroxylation is 1. The van der Waals surface area contributed by atoms with Crippen LogP contribution in [0.1, 0.15) is 5.56 Å². The van der Waals surface area contributed by atoms with Crippen molar-refractivity contribution in [2.24, 2.45) is 7.05 Å². The van der Waals surface area contributed by atoms with Gasteiger partial charge in [0.05, 0.1) is 11.4 Å². The van der Waals surface area contributed by atoms with Gasteiger partial charge in [-0.25, -0.2) is 4.98 Å². The van der Waals surface area contributed by atoms with Crippen molar-refractivity contribution in [3.8, 4) is 34.3 Å². The van der Waals surface area contributed by atoms with Crippen LogP contribution in [0.15, 0.2) is 42.6 Å². The fraction of sp³-hybridized carbons (Fsp3) is 0.118. The molecule has 0 radical (unpaired) electrons. The van der Waals surface area contributed by atoms with Gasteiger partial charge in [0.25, 0.3) is 0 Å². The standard InChI is InChI=1S/C17H13F2N5O/c1-24-15(6-7-22-24)12-8-14(23-16(21)13(12)9-20)10-2-4-11(5-3-10)25-17(18)19/h2-8,17H,1H3,(H2,21,23). The third-order valence-electron chi connectivity index (χ3n) is 3.63. The van der Waals surface area contributed by atoms with Crippen molar-refractivity contribution < 1.29 is 13.5 Å². The predicted octanol–water partition coefficient (Wildman–Crippen LogP) is 3.20. The van der Waals surface area contributed by atoms with E-state index in [0.717, 1.165) is 0 Å². The first-order chi connectivity index (χ1) is 12.0. The van der Waals surface area contributed by atoms with E-state index in [4.69, 9.17) is 5.73 Å². The molecule has 2 heterocycles. The SMILES string of the molecule is Cn1nccc1-c1cc(-c2ccc(OC(F)F)cc2)nc(N)c1C#N. The van der Waals surface area contributed by atoms with E-state index in [1.807, 2.05) is 0 Å². The summed E-state index contributed by atoms with van der Waals surface area (Å²) in [5.41, 5.74) is 8.66. The van der Waals surface area contributed by atoms with Gasteiger partial charge in [-0.05, 0) is 36.4 Å². The van der Waals surface area contributed by atoms with Crippen LogP contribution in [0.4, 0.5) is 14.6 Å². The Morgan fingerprint density at radius 2 is 1.96 bits per heavy atom. The summed E-state index contributed by atoms with van der Waals surface area (Å²) in [6.45, 7) is -2.88. The molecule has 0 aliphatic carbocycles. The van der Waals surface area contributed by atoms with Crippen molar-refractivity contribution in [3.63, 3.8) is 0 Å². The van der Waals surface area contributed by atoms with E-state index in [1.165, 1.54) is 12.1 Å². The van der Waals surface area contributed by atoms with E-state index in [9.17, 15) is 14.0 Å². The third kappa shape index (κ3) is 3.26. The number of nitrogen functional groups attached to an aromatic ring is 1. The molecule has 0 amide bonds. The molecule has 0 atom stereocenters. The number of nitriles is 1. The normalized spacial score (nSPS) is 10.7. The van der Waals surface area contributed by atoms with Crippen LogP contribution in [0.25, 0.3) is 22.5 Å². The quantitative estimate of drug-likeness (QED) is 0.787. The van der Waals surface area contributed by atoms with Gasteiger partial charge >= 0.3 is 6.61 Å². The van der Waals surface area contributed by atoms with Crippen molar-refractivity contribution in [1.29, 1.82) is 5.26 Å². The van der Waals surface area contributed by atoms with Crippen molar-refractivity contribution in [2.75, 3.05) is 5.73 Å². The zero-order valence-electron chi connectivity index (χ0n) is 13.1. The largest absolute Gasteiger partial charge is 0.435 e. The van der Waals surface area contributed by atoms with Crippen LogP contribution in [0, 0.1) is 11.3 Å². The molecule has 0 spiro atoms. The summed E-state index contributed by atoms with van der Waals surface area (Å²) in [4.78, 5) is 4.24. The Balaban J connectivity index is 2.08. The highest BCUT2D eigenvalue weighted by molar-refractivity contribution is 5.78. The van der Waals surface area contributed by atoms with Gasteiger partial charge in [-0.15, -0.1) is 0 Å². The Bertz CT molecular complexity index is 945. The summed E-state index contributed by atoms with van der Waals surface area (Å²) < 4.78 is 30.4. The first-order valence-electron chi connectivity index (χ1n) is 7.24. The maximum atomic E-state index is 12.2. The molecule has 6 nitrogen and oxygen atoms in total. The zero-order chi connectivity index (χ0) is 18.0. The van der Waals surface area contributed by atoms with Crippen LogP contribution < -0.4 is 10.5 Å². The summed E-state index contributed by atoms with van der Waals surface area (Å²) in [6, 6.07) is 11.6. The Labute approximate surface area is 142 Å². The average molecular weight is 341 g/mol. The number of alkyl halides is 2. The highest BCUT2D eigenvalue weighted by Crippen LogP contribution is 2.31. The summed E-state index contributed by atoms with van der Waals surface area (Å²) in [5.74, 6) is 0.135. The molecular weight excluding hydrogens is 328 g/mol. The first kappa shape index (κ1) is 16.4. The number of pyridine rings is 1. The van der Waals surface area contributed by atoms with Crippen LogP contribution >= 0.6 is 0 Å². The molecule has 0 saturated heterocycles. The van der Waals surface area contributed by atoms with Crippen LogP contribution in [0.3, 0.4) is 0 Å². The van der Waals surface area contributed by atoms with E-state index in [0.29, 0.717) is 22.5 Å². The van der Waals surface area contributed by atoms with Crippen molar-refractivity contribution in [3.05, 3.63) is 48.2 Å². The molecule has 1 aromatic carbocycles. The van der Waals surface area contributed by atoms with Gasteiger partial charge in [0, 0.05) is 24.4 Å². The van der Waals surface area contributed by atoms with Crippen molar-refractivity contribution >= 4 is 5.82 Å².